The van der Waals surface area contributed by atoms with E-state index in [-0.39, 0.29) is 23.2 Å². The Morgan fingerprint density at radius 1 is 1.04 bits per heavy atom. The monoisotopic (exact) mass is 719 g/mol. The van der Waals surface area contributed by atoms with Crippen LogP contribution in [0.1, 0.15) is 94.3 Å². The molecule has 1 spiro atoms. The summed E-state index contributed by atoms with van der Waals surface area (Å²) in [7, 11) is 0. The molecule has 0 radical (unpaired) electrons. The molecular weight excluding hydrogens is 674 g/mol. The number of carboxylic acid groups (broad SMARTS) is 1. The number of benzene rings is 1. The maximum Gasteiger partial charge on any atom is 0.490 e. The normalized spacial score (nSPS) is 23.1. The molecule has 0 bridgehead atoms. The van der Waals surface area contributed by atoms with Crippen LogP contribution in [0.4, 0.5) is 22.4 Å². The molecule has 0 aromatic heterocycles. The molecule has 4 aliphatic rings. The van der Waals surface area contributed by atoms with Crippen LogP contribution in [-0.4, -0.2) is 94.9 Å². The Labute approximate surface area is 276 Å². The Balaban J connectivity index is 0.000000617. The van der Waals surface area contributed by atoms with E-state index in [0.29, 0.717) is 35.4 Å². The highest BCUT2D eigenvalue weighted by molar-refractivity contribution is 9.10. The van der Waals surface area contributed by atoms with Gasteiger partial charge in [-0.05, 0) is 66.1 Å². The van der Waals surface area contributed by atoms with Gasteiger partial charge in [-0.1, -0.05) is 45.1 Å². The number of unbranched alkanes of at least 4 members (excludes halogenated alkanes) is 1. The van der Waals surface area contributed by atoms with Gasteiger partial charge in [0.05, 0.1) is 5.56 Å². The van der Waals surface area contributed by atoms with E-state index in [0.717, 1.165) is 64.7 Å². The van der Waals surface area contributed by atoms with Crippen LogP contribution in [0.25, 0.3) is 0 Å². The van der Waals surface area contributed by atoms with Crippen molar-refractivity contribution in [3.05, 3.63) is 34.1 Å². The van der Waals surface area contributed by atoms with Gasteiger partial charge in [0.2, 0.25) is 0 Å². The van der Waals surface area contributed by atoms with Crippen molar-refractivity contribution in [2.24, 2.45) is 11.8 Å². The third-order valence-corrected chi connectivity index (χ3v) is 10.8. The molecule has 8 nitrogen and oxygen atoms in total. The van der Waals surface area contributed by atoms with Gasteiger partial charge in [0, 0.05) is 68.5 Å². The number of carbonyl (C=O) groups is 3. The maximum absolute atomic E-state index is 14.4. The van der Waals surface area contributed by atoms with Crippen LogP contribution >= 0.6 is 15.9 Å². The summed E-state index contributed by atoms with van der Waals surface area (Å²) in [6, 6.07) is 5.07. The van der Waals surface area contributed by atoms with Gasteiger partial charge in [0.1, 0.15) is 11.4 Å². The molecule has 1 atom stereocenters. The second kappa shape index (κ2) is 16.1. The average molecular weight is 721 g/mol. The number of halogens is 5. The van der Waals surface area contributed by atoms with Crippen LogP contribution in [0.3, 0.4) is 0 Å². The number of piperidine rings is 2. The number of alkyl halides is 3. The summed E-state index contributed by atoms with van der Waals surface area (Å²) in [6.07, 6.45) is 8.25. The first-order valence-corrected chi connectivity index (χ1v) is 17.4. The Morgan fingerprint density at radius 3 is 2.24 bits per heavy atom. The second-order valence-corrected chi connectivity index (χ2v) is 14.0. The topological polar surface area (TPSA) is 90.4 Å². The van der Waals surface area contributed by atoms with Gasteiger partial charge in [-0.3, -0.25) is 9.69 Å². The molecule has 5 rings (SSSR count). The number of hydrogen-bond donors (Lipinski definition) is 1. The quantitative estimate of drug-likeness (QED) is 0.294. The molecule has 1 unspecified atom stereocenters. The zero-order valence-corrected chi connectivity index (χ0v) is 28.1. The van der Waals surface area contributed by atoms with Crippen molar-refractivity contribution in [1.29, 1.82) is 0 Å². The summed E-state index contributed by atoms with van der Waals surface area (Å²) in [5.41, 5.74) is -0.204. The molecule has 13 heteroatoms. The number of rotatable bonds is 7. The minimum Gasteiger partial charge on any atom is -0.475 e. The number of carboxylic acids is 1. The lowest BCUT2D eigenvalue weighted by Crippen LogP contribution is -2.61. The average Bonchev–Trinajstić information content (AvgIpc) is 3.02. The van der Waals surface area contributed by atoms with Crippen molar-refractivity contribution in [3.63, 3.8) is 0 Å². The molecule has 258 valence electrons. The first-order valence-electron chi connectivity index (χ1n) is 16.6. The van der Waals surface area contributed by atoms with E-state index in [2.05, 4.69) is 27.8 Å². The fraction of sp³-hybridized carbons (Fsp3) is 0.727. The van der Waals surface area contributed by atoms with Crippen LogP contribution in [0, 0.1) is 17.7 Å². The Morgan fingerprint density at radius 2 is 1.67 bits per heavy atom. The second-order valence-electron chi connectivity index (χ2n) is 13.1. The van der Waals surface area contributed by atoms with E-state index >= 15 is 0 Å². The molecule has 3 aliphatic heterocycles. The van der Waals surface area contributed by atoms with Crippen LogP contribution in [0.15, 0.2) is 22.7 Å². The zero-order valence-electron chi connectivity index (χ0n) is 26.5. The van der Waals surface area contributed by atoms with Gasteiger partial charge in [-0.2, -0.15) is 13.2 Å². The van der Waals surface area contributed by atoms with Crippen molar-refractivity contribution in [2.75, 3.05) is 39.3 Å². The number of carbonyl (C=O) groups excluding carboxylic acids is 2. The van der Waals surface area contributed by atoms with E-state index in [9.17, 15) is 27.2 Å². The molecular formula is C33H46BrF4N3O5. The van der Waals surface area contributed by atoms with E-state index in [1.165, 1.54) is 44.6 Å². The summed E-state index contributed by atoms with van der Waals surface area (Å²) < 4.78 is 53.0. The fourth-order valence-corrected chi connectivity index (χ4v) is 8.05. The van der Waals surface area contributed by atoms with E-state index in [1.54, 1.807) is 17.0 Å². The van der Waals surface area contributed by atoms with Crippen molar-refractivity contribution < 1.29 is 41.8 Å². The van der Waals surface area contributed by atoms with Gasteiger partial charge >= 0.3 is 18.2 Å². The largest absolute Gasteiger partial charge is 0.490 e. The van der Waals surface area contributed by atoms with Crippen LogP contribution in [0.5, 0.6) is 0 Å². The molecule has 1 aromatic carbocycles. The third kappa shape index (κ3) is 9.14. The Kier molecular flexibility index (Phi) is 12.8. The van der Waals surface area contributed by atoms with E-state index in [4.69, 9.17) is 14.6 Å². The molecule has 1 aromatic rings. The third-order valence-electron chi connectivity index (χ3n) is 10.2. The van der Waals surface area contributed by atoms with Gasteiger partial charge in [0.25, 0.3) is 5.91 Å². The summed E-state index contributed by atoms with van der Waals surface area (Å²) >= 11 is 3.34. The smallest absolute Gasteiger partial charge is 0.475 e. The molecule has 4 fully saturated rings. The van der Waals surface area contributed by atoms with Crippen molar-refractivity contribution >= 4 is 33.9 Å². The minimum atomic E-state index is -5.08. The van der Waals surface area contributed by atoms with Crippen molar-refractivity contribution in [2.45, 2.75) is 102 Å². The summed E-state index contributed by atoms with van der Waals surface area (Å²) in [5.74, 6) is -2.44. The predicted molar refractivity (Wildman–Crippen MR) is 168 cm³/mol. The lowest BCUT2D eigenvalue weighted by molar-refractivity contribution is -0.192. The number of aliphatic carboxylic acids is 1. The fourth-order valence-electron chi connectivity index (χ4n) is 7.54. The summed E-state index contributed by atoms with van der Waals surface area (Å²) in [5, 5.41) is 7.12. The lowest BCUT2D eigenvalue weighted by atomic mass is 9.75. The number of nitrogens with zero attached hydrogens (tertiary/aromatic N) is 3. The highest BCUT2D eigenvalue weighted by Gasteiger charge is 2.50. The SMILES string of the molecule is CCCCC1CN(CC2CCCCC2)C(=O)OC12CCN(C1CCN(C(=O)c3c(F)cccc3Br)CC1)CC2.O=C(O)C(F)(F)F. The Hall–Kier alpha value is -2.41. The molecule has 1 N–H and O–H groups in total. The predicted octanol–water partition coefficient (Wildman–Crippen LogP) is 7.50. The lowest BCUT2D eigenvalue weighted by Gasteiger charge is -2.52. The standard InChI is InChI=1S/C31H45BrFN3O3.C2HF3O2/c1-2-3-10-24-22-36(21-23-8-5-4-6-9-23)30(38)39-31(24)15-19-34(20-16-31)25-13-17-35(18-14-25)29(37)28-26(32)11-7-12-27(28)33;3-2(4,5)1(6)7/h7,11-12,23-25H,2-6,8-10,13-22H2,1H3;(H,6,7). The number of ether oxygens (including phenoxy) is 1. The van der Waals surface area contributed by atoms with Crippen LogP contribution < -0.4 is 0 Å². The van der Waals surface area contributed by atoms with Gasteiger partial charge < -0.3 is 19.6 Å². The number of amides is 2. The first kappa shape index (κ1) is 36.4. The molecule has 46 heavy (non-hydrogen) atoms. The van der Waals surface area contributed by atoms with Crippen LogP contribution in [-0.2, 0) is 9.53 Å². The minimum absolute atomic E-state index is 0.0899. The molecule has 1 aliphatic carbocycles. The molecule has 3 heterocycles. The highest BCUT2D eigenvalue weighted by Crippen LogP contribution is 2.42. The highest BCUT2D eigenvalue weighted by atomic mass is 79.9. The van der Waals surface area contributed by atoms with Crippen molar-refractivity contribution in [1.82, 2.24) is 14.7 Å². The van der Waals surface area contributed by atoms with Crippen molar-refractivity contribution in [3.8, 4) is 0 Å². The van der Waals surface area contributed by atoms with Crippen LogP contribution in [0.2, 0.25) is 0 Å². The molecule has 1 saturated carbocycles. The van der Waals surface area contributed by atoms with Gasteiger partial charge in [-0.15, -0.1) is 0 Å². The first-order chi connectivity index (χ1) is 21.8. The van der Waals surface area contributed by atoms with Gasteiger partial charge in [-0.25, -0.2) is 14.0 Å². The maximum atomic E-state index is 14.4. The molecule has 2 amide bonds. The summed E-state index contributed by atoms with van der Waals surface area (Å²) in [6.45, 7) is 7.08. The Bertz CT molecular complexity index is 1180. The summed E-state index contributed by atoms with van der Waals surface area (Å²) in [4.78, 5) is 41.5. The number of hydrogen-bond acceptors (Lipinski definition) is 5. The van der Waals surface area contributed by atoms with Gasteiger partial charge in [0.15, 0.2) is 0 Å². The number of likely N-dealkylation sites (tertiary alicyclic amines) is 2. The van der Waals surface area contributed by atoms with E-state index < -0.39 is 18.0 Å². The van der Waals surface area contributed by atoms with E-state index in [1.807, 2.05) is 4.90 Å². The molecule has 3 saturated heterocycles. The zero-order chi connectivity index (χ0) is 33.5.